The molecule has 3 aromatic rings. The molecule has 1 unspecified atom stereocenters. The van der Waals surface area contributed by atoms with Crippen LogP contribution in [0.3, 0.4) is 0 Å². The first-order valence-corrected chi connectivity index (χ1v) is 7.82. The standard InChI is InChI=1S/C17H17N5O2/c1-3-24-16(23)13-10(2)20-17-21-11-6-4-5-7-12(11)22(17)14(13)15-18-8-9-19-15/h4-9,14H,3H2,1-2H3,(H,18,19)(H,20,21). The maximum Gasteiger partial charge on any atom is 0.338 e. The molecule has 0 amide bonds. The number of nitrogens with zero attached hydrogens (tertiary/aromatic N) is 3. The molecule has 3 heterocycles. The van der Waals surface area contributed by atoms with Gasteiger partial charge in [-0.05, 0) is 26.0 Å². The van der Waals surface area contributed by atoms with Crippen molar-refractivity contribution >= 4 is 23.0 Å². The van der Waals surface area contributed by atoms with Gasteiger partial charge in [-0.1, -0.05) is 12.1 Å². The van der Waals surface area contributed by atoms with Gasteiger partial charge in [0.25, 0.3) is 0 Å². The van der Waals surface area contributed by atoms with Crippen LogP contribution >= 0.6 is 0 Å². The van der Waals surface area contributed by atoms with Gasteiger partial charge in [0, 0.05) is 18.1 Å². The van der Waals surface area contributed by atoms with Crippen LogP contribution in [0.2, 0.25) is 0 Å². The number of para-hydroxylation sites is 2. The molecule has 1 aliphatic rings. The predicted molar refractivity (Wildman–Crippen MR) is 89.4 cm³/mol. The second-order valence-electron chi connectivity index (χ2n) is 5.56. The summed E-state index contributed by atoms with van der Waals surface area (Å²) in [7, 11) is 0. The Morgan fingerprint density at radius 3 is 2.96 bits per heavy atom. The Kier molecular flexibility index (Phi) is 3.34. The number of anilines is 1. The normalized spacial score (nSPS) is 16.8. The molecule has 0 aliphatic carbocycles. The molecular formula is C17H17N5O2. The van der Waals surface area contributed by atoms with Crippen LogP contribution in [0.5, 0.6) is 0 Å². The molecule has 7 nitrogen and oxygen atoms in total. The molecule has 0 spiro atoms. The van der Waals surface area contributed by atoms with E-state index in [1.165, 1.54) is 0 Å². The maximum atomic E-state index is 12.6. The molecule has 122 valence electrons. The summed E-state index contributed by atoms with van der Waals surface area (Å²) < 4.78 is 7.25. The van der Waals surface area contributed by atoms with Crippen molar-refractivity contribution in [1.29, 1.82) is 0 Å². The van der Waals surface area contributed by atoms with Crippen molar-refractivity contribution in [3.05, 3.63) is 53.8 Å². The topological polar surface area (TPSA) is 84.8 Å². The summed E-state index contributed by atoms with van der Waals surface area (Å²) in [5.41, 5.74) is 3.03. The summed E-state index contributed by atoms with van der Waals surface area (Å²) in [4.78, 5) is 24.7. The summed E-state index contributed by atoms with van der Waals surface area (Å²) in [6.07, 6.45) is 3.42. The second-order valence-corrected chi connectivity index (χ2v) is 5.56. The van der Waals surface area contributed by atoms with Crippen LogP contribution in [0.25, 0.3) is 11.0 Å². The van der Waals surface area contributed by atoms with Crippen LogP contribution in [-0.4, -0.2) is 32.1 Å². The summed E-state index contributed by atoms with van der Waals surface area (Å²) in [5, 5.41) is 3.22. The summed E-state index contributed by atoms with van der Waals surface area (Å²) in [6, 6.07) is 7.40. The number of aromatic amines is 1. The number of nitrogens with one attached hydrogen (secondary N) is 2. The molecule has 0 radical (unpaired) electrons. The second kappa shape index (κ2) is 5.52. The Hall–Kier alpha value is -3.09. The number of ether oxygens (including phenoxy) is 1. The quantitative estimate of drug-likeness (QED) is 0.724. The van der Waals surface area contributed by atoms with Crippen molar-refractivity contribution < 1.29 is 9.53 Å². The zero-order valence-electron chi connectivity index (χ0n) is 13.4. The lowest BCUT2D eigenvalue weighted by Crippen LogP contribution is -2.29. The summed E-state index contributed by atoms with van der Waals surface area (Å²) in [5.74, 6) is 0.999. The first-order valence-electron chi connectivity index (χ1n) is 7.82. The van der Waals surface area contributed by atoms with E-state index in [2.05, 4.69) is 20.3 Å². The minimum Gasteiger partial charge on any atom is -0.463 e. The number of aromatic nitrogens is 4. The van der Waals surface area contributed by atoms with Gasteiger partial charge in [-0.25, -0.2) is 14.8 Å². The molecule has 1 atom stereocenters. The molecule has 0 saturated heterocycles. The highest BCUT2D eigenvalue weighted by Gasteiger charge is 2.36. The van der Waals surface area contributed by atoms with Crippen LogP contribution in [0.4, 0.5) is 5.95 Å². The number of H-pyrrole nitrogens is 1. The van der Waals surface area contributed by atoms with Crippen LogP contribution in [0, 0.1) is 0 Å². The summed E-state index contributed by atoms with van der Waals surface area (Å²) >= 11 is 0. The number of esters is 1. The molecule has 0 bridgehead atoms. The van der Waals surface area contributed by atoms with Crippen LogP contribution in [-0.2, 0) is 9.53 Å². The van der Waals surface area contributed by atoms with Crippen LogP contribution in [0.1, 0.15) is 25.7 Å². The van der Waals surface area contributed by atoms with Crippen molar-refractivity contribution in [1.82, 2.24) is 19.5 Å². The number of hydrogen-bond acceptors (Lipinski definition) is 5. The molecule has 1 aliphatic heterocycles. The minimum atomic E-state index is -0.414. The number of fused-ring (bicyclic) bond motifs is 3. The third-order valence-corrected chi connectivity index (χ3v) is 4.10. The largest absolute Gasteiger partial charge is 0.463 e. The third kappa shape index (κ3) is 2.09. The summed E-state index contributed by atoms with van der Waals surface area (Å²) in [6.45, 7) is 3.97. The molecule has 2 aromatic heterocycles. The van der Waals surface area contributed by atoms with E-state index < -0.39 is 6.04 Å². The number of rotatable bonds is 3. The van der Waals surface area contributed by atoms with Crippen molar-refractivity contribution in [2.75, 3.05) is 11.9 Å². The van der Waals surface area contributed by atoms with Crippen LogP contribution < -0.4 is 5.32 Å². The SMILES string of the molecule is CCOC(=O)C1=C(C)Nc2nc3ccccc3n2C1c1ncc[nH]1. The van der Waals surface area contributed by atoms with E-state index >= 15 is 0 Å². The molecule has 0 fully saturated rings. The lowest BCUT2D eigenvalue weighted by molar-refractivity contribution is -0.139. The molecule has 1 aromatic carbocycles. The third-order valence-electron chi connectivity index (χ3n) is 4.10. The van der Waals surface area contributed by atoms with E-state index in [1.807, 2.05) is 35.8 Å². The Balaban J connectivity index is 1.97. The van der Waals surface area contributed by atoms with Crippen molar-refractivity contribution in [3.8, 4) is 0 Å². The van der Waals surface area contributed by atoms with Crippen molar-refractivity contribution in [2.24, 2.45) is 0 Å². The lowest BCUT2D eigenvalue weighted by atomic mass is 10.0. The smallest absolute Gasteiger partial charge is 0.338 e. The molecular weight excluding hydrogens is 306 g/mol. The van der Waals surface area contributed by atoms with Gasteiger partial charge < -0.3 is 15.0 Å². The van der Waals surface area contributed by atoms with E-state index in [0.717, 1.165) is 16.7 Å². The lowest BCUT2D eigenvalue weighted by Gasteiger charge is -2.28. The zero-order valence-corrected chi connectivity index (χ0v) is 13.4. The number of allylic oxidation sites excluding steroid dienone is 1. The van der Waals surface area contributed by atoms with Gasteiger partial charge in [0.1, 0.15) is 11.9 Å². The molecule has 7 heteroatoms. The average Bonchev–Trinajstić information content (AvgIpc) is 3.21. The van der Waals surface area contributed by atoms with E-state index in [9.17, 15) is 4.79 Å². The van der Waals surface area contributed by atoms with Gasteiger partial charge in [-0.15, -0.1) is 0 Å². The predicted octanol–water partition coefficient (Wildman–Crippen LogP) is 2.61. The fraction of sp³-hybridized carbons (Fsp3) is 0.235. The number of carbonyl (C=O) groups is 1. The average molecular weight is 323 g/mol. The van der Waals surface area contributed by atoms with Gasteiger partial charge in [0.2, 0.25) is 5.95 Å². The highest BCUT2D eigenvalue weighted by atomic mass is 16.5. The maximum absolute atomic E-state index is 12.6. The first-order chi connectivity index (χ1) is 11.7. The van der Waals surface area contributed by atoms with E-state index in [0.29, 0.717) is 24.0 Å². The molecule has 24 heavy (non-hydrogen) atoms. The highest BCUT2D eigenvalue weighted by Crippen LogP contribution is 2.38. The Morgan fingerprint density at radius 1 is 1.38 bits per heavy atom. The number of carbonyl (C=O) groups excluding carboxylic acids is 1. The van der Waals surface area contributed by atoms with Crippen molar-refractivity contribution in [2.45, 2.75) is 19.9 Å². The van der Waals surface area contributed by atoms with Gasteiger partial charge in [0.15, 0.2) is 0 Å². The number of benzene rings is 1. The van der Waals surface area contributed by atoms with Crippen molar-refractivity contribution in [3.63, 3.8) is 0 Å². The van der Waals surface area contributed by atoms with E-state index in [1.54, 1.807) is 19.3 Å². The van der Waals surface area contributed by atoms with Crippen LogP contribution in [0.15, 0.2) is 47.9 Å². The number of imidazole rings is 2. The van der Waals surface area contributed by atoms with Gasteiger partial charge >= 0.3 is 5.97 Å². The Bertz CT molecular complexity index is 939. The fourth-order valence-electron chi connectivity index (χ4n) is 3.12. The number of hydrogen-bond donors (Lipinski definition) is 2. The Morgan fingerprint density at radius 2 is 2.21 bits per heavy atom. The molecule has 2 N–H and O–H groups in total. The molecule has 0 saturated carbocycles. The van der Waals surface area contributed by atoms with E-state index in [-0.39, 0.29) is 5.97 Å². The van der Waals surface area contributed by atoms with E-state index in [4.69, 9.17) is 4.74 Å². The highest BCUT2D eigenvalue weighted by molar-refractivity contribution is 5.93. The fourth-order valence-corrected chi connectivity index (χ4v) is 3.12. The molecule has 4 rings (SSSR count). The Labute approximate surface area is 138 Å². The monoisotopic (exact) mass is 323 g/mol. The van der Waals surface area contributed by atoms with Gasteiger partial charge in [0.05, 0.1) is 23.2 Å². The first kappa shape index (κ1) is 14.5. The van der Waals surface area contributed by atoms with Gasteiger partial charge in [-0.2, -0.15) is 0 Å². The zero-order chi connectivity index (χ0) is 16.7. The minimum absolute atomic E-state index is 0.317. The van der Waals surface area contributed by atoms with Gasteiger partial charge in [-0.3, -0.25) is 4.57 Å².